The number of hydrogen-bond donors (Lipinski definition) is 0. The molecular formula is C61H53N. The van der Waals surface area contributed by atoms with E-state index in [1.165, 1.54) is 89.0 Å². The second-order valence-electron chi connectivity index (χ2n) is 17.9. The van der Waals surface area contributed by atoms with Crippen molar-refractivity contribution in [2.24, 2.45) is 0 Å². The average molecular weight is 800 g/mol. The van der Waals surface area contributed by atoms with Crippen molar-refractivity contribution in [2.45, 2.75) is 58.8 Å². The van der Waals surface area contributed by atoms with Crippen molar-refractivity contribution >= 4 is 22.6 Å². The van der Waals surface area contributed by atoms with E-state index in [0.29, 0.717) is 0 Å². The summed E-state index contributed by atoms with van der Waals surface area (Å²) >= 11 is 0. The fourth-order valence-electron chi connectivity index (χ4n) is 10.1. The molecule has 0 saturated heterocycles. The van der Waals surface area contributed by atoms with E-state index in [4.69, 9.17) is 0 Å². The predicted octanol–water partition coefficient (Wildman–Crippen LogP) is 17.1. The van der Waals surface area contributed by atoms with Gasteiger partial charge in [-0.15, -0.1) is 0 Å². The molecule has 8 aromatic carbocycles. The molecule has 2 aliphatic carbocycles. The maximum atomic E-state index is 2.54. The van der Waals surface area contributed by atoms with Crippen LogP contribution in [0.4, 0.5) is 17.1 Å². The Kier molecular flexibility index (Phi) is 9.80. The maximum Gasteiger partial charge on any atom is 0.0465 e. The molecule has 1 heteroatoms. The molecule has 62 heavy (non-hydrogen) atoms. The molecular weight excluding hydrogens is 747 g/mol. The third kappa shape index (κ3) is 6.55. The minimum absolute atomic E-state index is 0.116. The average Bonchev–Trinajstić information content (AvgIpc) is 3.68. The lowest BCUT2D eigenvalue weighted by molar-refractivity contribution is 0.652. The Morgan fingerprint density at radius 3 is 1.55 bits per heavy atom. The zero-order chi connectivity index (χ0) is 42.6. The van der Waals surface area contributed by atoms with Crippen molar-refractivity contribution in [3.8, 4) is 55.6 Å². The lowest BCUT2D eigenvalue weighted by Crippen LogP contribution is -2.17. The Bertz CT molecular complexity index is 3000. The van der Waals surface area contributed by atoms with Gasteiger partial charge in [0.2, 0.25) is 0 Å². The molecule has 0 radical (unpaired) electrons. The first-order chi connectivity index (χ1) is 30.2. The van der Waals surface area contributed by atoms with Gasteiger partial charge in [0.1, 0.15) is 0 Å². The Balaban J connectivity index is 1.06. The number of benzene rings is 8. The van der Waals surface area contributed by atoms with Gasteiger partial charge in [0.05, 0.1) is 0 Å². The van der Waals surface area contributed by atoms with Gasteiger partial charge < -0.3 is 4.90 Å². The maximum absolute atomic E-state index is 2.54. The Labute approximate surface area is 368 Å². The van der Waals surface area contributed by atoms with Gasteiger partial charge in [-0.25, -0.2) is 0 Å². The minimum atomic E-state index is -0.206. The summed E-state index contributed by atoms with van der Waals surface area (Å²) in [4.78, 5) is 2.42. The van der Waals surface area contributed by atoms with Gasteiger partial charge in [-0.1, -0.05) is 186 Å². The van der Waals surface area contributed by atoms with Crippen LogP contribution in [0.3, 0.4) is 0 Å². The van der Waals surface area contributed by atoms with Crippen LogP contribution in [0.5, 0.6) is 0 Å². The molecule has 0 spiro atoms. The van der Waals surface area contributed by atoms with Crippen LogP contribution in [-0.2, 0) is 10.8 Å². The van der Waals surface area contributed by atoms with Gasteiger partial charge in [-0.05, 0) is 151 Å². The molecule has 0 heterocycles. The molecule has 0 unspecified atom stereocenters. The first-order valence-corrected chi connectivity index (χ1v) is 22.2. The third-order valence-electron chi connectivity index (χ3n) is 13.6. The van der Waals surface area contributed by atoms with E-state index < -0.39 is 0 Å². The smallest absolute Gasteiger partial charge is 0.0465 e. The molecule has 0 atom stereocenters. The van der Waals surface area contributed by atoms with Crippen molar-refractivity contribution in [1.82, 2.24) is 0 Å². The first kappa shape index (κ1) is 39.2. The summed E-state index contributed by atoms with van der Waals surface area (Å²) in [6.45, 7) is 13.9. The highest BCUT2D eigenvalue weighted by Gasteiger charge is 2.42. The van der Waals surface area contributed by atoms with Crippen LogP contribution in [-0.4, -0.2) is 0 Å². The van der Waals surface area contributed by atoms with Crippen LogP contribution in [0, 0.1) is 0 Å². The van der Waals surface area contributed by atoms with Crippen LogP contribution in [0.1, 0.15) is 75.8 Å². The molecule has 2 aliphatic rings. The lowest BCUT2D eigenvalue weighted by atomic mass is 9.79. The highest BCUT2D eigenvalue weighted by molar-refractivity contribution is 5.96. The zero-order valence-electron chi connectivity index (χ0n) is 36.7. The van der Waals surface area contributed by atoms with E-state index in [-0.39, 0.29) is 10.8 Å². The van der Waals surface area contributed by atoms with E-state index >= 15 is 0 Å². The number of hydrogen-bond acceptors (Lipinski definition) is 1. The fourth-order valence-corrected chi connectivity index (χ4v) is 10.1. The molecule has 0 aromatic heterocycles. The Morgan fingerprint density at radius 2 is 0.935 bits per heavy atom. The molecule has 0 aliphatic heterocycles. The van der Waals surface area contributed by atoms with E-state index in [1.54, 1.807) is 0 Å². The fraction of sp³-hybridized carbons (Fsp3) is 0.148. The first-order valence-electron chi connectivity index (χ1n) is 22.2. The van der Waals surface area contributed by atoms with Crippen molar-refractivity contribution in [3.05, 3.63) is 228 Å². The number of allylic oxidation sites excluding steroid dienone is 4. The molecule has 1 nitrogen and oxygen atoms in total. The normalized spacial score (nSPS) is 14.3. The highest BCUT2D eigenvalue weighted by atomic mass is 15.1. The van der Waals surface area contributed by atoms with Gasteiger partial charge >= 0.3 is 0 Å². The topological polar surface area (TPSA) is 3.24 Å². The second-order valence-corrected chi connectivity index (χ2v) is 17.9. The van der Waals surface area contributed by atoms with Crippen LogP contribution in [0.25, 0.3) is 61.2 Å². The number of anilines is 3. The molecule has 10 rings (SSSR count). The van der Waals surface area contributed by atoms with Crippen molar-refractivity contribution in [2.75, 3.05) is 4.90 Å². The largest absolute Gasteiger partial charge is 0.310 e. The molecule has 0 bridgehead atoms. The highest BCUT2D eigenvalue weighted by Crippen LogP contribution is 2.58. The zero-order valence-corrected chi connectivity index (χ0v) is 36.7. The molecule has 0 amide bonds. The van der Waals surface area contributed by atoms with Crippen molar-refractivity contribution in [3.63, 3.8) is 0 Å². The summed E-state index contributed by atoms with van der Waals surface area (Å²) in [5, 5.41) is 0. The Morgan fingerprint density at radius 1 is 0.435 bits per heavy atom. The molecule has 0 N–H and O–H groups in total. The number of fused-ring (bicyclic) bond motifs is 6. The van der Waals surface area contributed by atoms with E-state index in [0.717, 1.165) is 23.5 Å². The van der Waals surface area contributed by atoms with Crippen LogP contribution < -0.4 is 4.90 Å². The van der Waals surface area contributed by atoms with E-state index in [9.17, 15) is 0 Å². The molecule has 8 aromatic rings. The summed E-state index contributed by atoms with van der Waals surface area (Å²) < 4.78 is 0. The van der Waals surface area contributed by atoms with Gasteiger partial charge in [0.15, 0.2) is 0 Å². The summed E-state index contributed by atoms with van der Waals surface area (Å²) in [6, 6.07) is 67.7. The van der Waals surface area contributed by atoms with Gasteiger partial charge in [0, 0.05) is 27.9 Å². The van der Waals surface area contributed by atoms with Gasteiger partial charge in [0.25, 0.3) is 0 Å². The predicted molar refractivity (Wildman–Crippen MR) is 266 cm³/mol. The summed E-state index contributed by atoms with van der Waals surface area (Å²) in [7, 11) is 0. The van der Waals surface area contributed by atoms with Crippen molar-refractivity contribution in [1.29, 1.82) is 0 Å². The minimum Gasteiger partial charge on any atom is -0.310 e. The molecule has 0 fully saturated rings. The quantitative estimate of drug-likeness (QED) is 0.131. The van der Waals surface area contributed by atoms with Gasteiger partial charge in [-0.2, -0.15) is 0 Å². The monoisotopic (exact) mass is 799 g/mol. The summed E-state index contributed by atoms with van der Waals surface area (Å²) in [5.74, 6) is 0. The molecule has 302 valence electrons. The SMILES string of the molecule is C/C=C(\C=C/CC)c1ccc(N(c2ccc(-c3ccc(-c4ccccc4)cc3)cc2)c2ccc3c(c2)C(C)(C)c2cc4c(cc2-3)C(C)(C)c2cccc(-c3ccccc3)c2-4)cc1. The van der Waals surface area contributed by atoms with Crippen LogP contribution >= 0.6 is 0 Å². The van der Waals surface area contributed by atoms with Crippen LogP contribution in [0.2, 0.25) is 0 Å². The van der Waals surface area contributed by atoms with Crippen molar-refractivity contribution < 1.29 is 0 Å². The standard InChI is InChI=1S/C61H53N/c1-7-9-17-41(8-2)43-28-32-48(33-29-43)62(49-34-30-46(31-35-49)45-26-24-44(25-27-45)42-18-12-10-13-19-42)50-36-37-52-53-39-58-54(40-57(53)61(5,6)56(52)38-50)59-51(47-20-14-11-15-21-47)22-16-23-55(59)60(58,3)4/h8-40H,7H2,1-6H3/b17-9-,41-8+. The number of rotatable bonds is 9. The molecule has 0 saturated carbocycles. The summed E-state index contributed by atoms with van der Waals surface area (Å²) in [6.07, 6.45) is 7.67. The van der Waals surface area contributed by atoms with E-state index in [2.05, 4.69) is 247 Å². The van der Waals surface area contributed by atoms with Gasteiger partial charge in [-0.3, -0.25) is 0 Å². The van der Waals surface area contributed by atoms with E-state index in [1.807, 2.05) is 0 Å². The van der Waals surface area contributed by atoms with Crippen LogP contribution in [0.15, 0.2) is 200 Å². The Hall–Kier alpha value is -6.96. The third-order valence-corrected chi connectivity index (χ3v) is 13.6. The summed E-state index contributed by atoms with van der Waals surface area (Å²) in [5.41, 5.74) is 24.0. The number of nitrogens with zero attached hydrogens (tertiary/aromatic N) is 1. The lowest BCUT2D eigenvalue weighted by Gasteiger charge is -2.28. The second kappa shape index (κ2) is 15.5.